The number of carbonyl (C=O) groups is 2. The van der Waals surface area contributed by atoms with Gasteiger partial charge in [0.1, 0.15) is 11.6 Å². The van der Waals surface area contributed by atoms with Gasteiger partial charge in [0.2, 0.25) is 0 Å². The van der Waals surface area contributed by atoms with Crippen LogP contribution >= 0.6 is 0 Å². The average molecular weight is 329 g/mol. The summed E-state index contributed by atoms with van der Waals surface area (Å²) in [6, 6.07) is 6.84. The summed E-state index contributed by atoms with van der Waals surface area (Å²) in [4.78, 5) is 26.0. The molecule has 3 N–H and O–H groups in total. The monoisotopic (exact) mass is 329 g/mol. The highest BCUT2D eigenvalue weighted by atomic mass is 16.5. The van der Waals surface area contributed by atoms with E-state index in [0.29, 0.717) is 36.8 Å². The Hall–Kier alpha value is -3.03. The van der Waals surface area contributed by atoms with Crippen LogP contribution in [0.1, 0.15) is 28.5 Å². The molecule has 24 heavy (non-hydrogen) atoms. The zero-order valence-corrected chi connectivity index (χ0v) is 13.5. The van der Waals surface area contributed by atoms with Gasteiger partial charge in [0.15, 0.2) is 0 Å². The number of H-pyrrole nitrogens is 1. The first-order chi connectivity index (χ1) is 11.6. The van der Waals surface area contributed by atoms with Gasteiger partial charge in [-0.25, -0.2) is 4.79 Å². The molecule has 1 aromatic carbocycles. The lowest BCUT2D eigenvalue weighted by molar-refractivity contribution is 0.102. The van der Waals surface area contributed by atoms with E-state index in [1.807, 2.05) is 6.92 Å². The highest BCUT2D eigenvalue weighted by Gasteiger charge is 2.29. The Bertz CT molecular complexity index is 771. The maximum absolute atomic E-state index is 12.5. The van der Waals surface area contributed by atoms with Crippen molar-refractivity contribution in [3.05, 3.63) is 41.1 Å². The van der Waals surface area contributed by atoms with Crippen molar-refractivity contribution in [2.75, 3.05) is 19.0 Å². The van der Waals surface area contributed by atoms with Gasteiger partial charge in [0.25, 0.3) is 5.91 Å². The number of carbonyl (C=O) groups excluding carboxylic acids is 2. The fraction of sp³-hybridized carbons (Fsp3) is 0.312. The molecule has 0 bridgehead atoms. The molecule has 1 aliphatic heterocycles. The lowest BCUT2D eigenvalue weighted by Gasteiger charge is -2.16. The molecule has 8 nitrogen and oxygen atoms in total. The molecule has 0 atom stereocenters. The first kappa shape index (κ1) is 15.9. The number of hydrogen-bond acceptors (Lipinski definition) is 4. The van der Waals surface area contributed by atoms with E-state index in [4.69, 9.17) is 4.74 Å². The Balaban J connectivity index is 1.75. The van der Waals surface area contributed by atoms with Crippen LogP contribution in [0.15, 0.2) is 24.3 Å². The van der Waals surface area contributed by atoms with Crippen LogP contribution < -0.4 is 15.4 Å². The standard InChI is InChI=1S/C16H19N5O3/c1-3-17-16(23)21-8-11-12(9-21)19-20-14(11)18-15(22)10-6-4-5-7-13(10)24-2/h4-7H,3,8-9H2,1-2H3,(H,17,23)(H2,18,19,20,22). The van der Waals surface area contributed by atoms with Gasteiger partial charge in [-0.3, -0.25) is 9.89 Å². The SMILES string of the molecule is CCNC(=O)N1Cc2n[nH]c(NC(=O)c3ccccc3OC)c2C1. The normalized spacial score (nSPS) is 12.7. The summed E-state index contributed by atoms with van der Waals surface area (Å²) >= 11 is 0. The quantitative estimate of drug-likeness (QED) is 0.795. The molecule has 2 aromatic rings. The Morgan fingerprint density at radius 3 is 2.88 bits per heavy atom. The number of nitrogens with one attached hydrogen (secondary N) is 3. The number of aromatic amines is 1. The molecule has 8 heteroatoms. The van der Waals surface area contributed by atoms with E-state index in [-0.39, 0.29) is 11.9 Å². The van der Waals surface area contributed by atoms with Crippen LogP contribution in [-0.2, 0) is 13.1 Å². The maximum atomic E-state index is 12.5. The third kappa shape index (κ3) is 2.90. The van der Waals surface area contributed by atoms with Gasteiger partial charge in [-0.05, 0) is 19.1 Å². The third-order valence-electron chi connectivity index (χ3n) is 3.85. The number of nitrogens with zero attached hydrogens (tertiary/aromatic N) is 2. The van der Waals surface area contributed by atoms with Crippen molar-refractivity contribution in [1.29, 1.82) is 0 Å². The van der Waals surface area contributed by atoms with E-state index in [2.05, 4.69) is 20.8 Å². The van der Waals surface area contributed by atoms with Crippen LogP contribution in [0.3, 0.4) is 0 Å². The minimum atomic E-state index is -0.296. The number of para-hydroxylation sites is 1. The summed E-state index contributed by atoms with van der Waals surface area (Å²) in [5.74, 6) is 0.707. The largest absolute Gasteiger partial charge is 0.496 e. The zero-order chi connectivity index (χ0) is 17.1. The fourth-order valence-electron chi connectivity index (χ4n) is 2.65. The molecule has 2 heterocycles. The summed E-state index contributed by atoms with van der Waals surface area (Å²) in [5, 5.41) is 12.6. The van der Waals surface area contributed by atoms with Gasteiger partial charge in [0.05, 0.1) is 31.5 Å². The number of methoxy groups -OCH3 is 1. The van der Waals surface area contributed by atoms with Crippen molar-refractivity contribution in [3.63, 3.8) is 0 Å². The van der Waals surface area contributed by atoms with E-state index < -0.39 is 0 Å². The van der Waals surface area contributed by atoms with E-state index in [0.717, 1.165) is 11.3 Å². The summed E-state index contributed by atoms with van der Waals surface area (Å²) in [7, 11) is 1.52. The first-order valence-corrected chi connectivity index (χ1v) is 7.67. The molecule has 1 aliphatic rings. The molecule has 0 spiro atoms. The van der Waals surface area contributed by atoms with Crippen molar-refractivity contribution in [2.45, 2.75) is 20.0 Å². The van der Waals surface area contributed by atoms with Crippen LogP contribution in [0.4, 0.5) is 10.6 Å². The molecular formula is C16H19N5O3. The first-order valence-electron chi connectivity index (χ1n) is 7.67. The fourth-order valence-corrected chi connectivity index (χ4v) is 2.65. The Kier molecular flexibility index (Phi) is 4.37. The zero-order valence-electron chi connectivity index (χ0n) is 13.5. The second-order valence-electron chi connectivity index (χ2n) is 5.37. The Morgan fingerprint density at radius 2 is 2.12 bits per heavy atom. The lowest BCUT2D eigenvalue weighted by atomic mass is 10.2. The number of ether oxygens (including phenoxy) is 1. The molecule has 0 aliphatic carbocycles. The molecule has 0 saturated carbocycles. The van der Waals surface area contributed by atoms with Crippen molar-refractivity contribution < 1.29 is 14.3 Å². The number of urea groups is 1. The van der Waals surface area contributed by atoms with Crippen LogP contribution in [0.5, 0.6) is 5.75 Å². The van der Waals surface area contributed by atoms with Crippen molar-refractivity contribution >= 4 is 17.8 Å². The Morgan fingerprint density at radius 1 is 1.33 bits per heavy atom. The second-order valence-corrected chi connectivity index (χ2v) is 5.37. The molecule has 0 saturated heterocycles. The molecule has 0 unspecified atom stereocenters. The third-order valence-corrected chi connectivity index (χ3v) is 3.85. The van der Waals surface area contributed by atoms with Crippen molar-refractivity contribution in [3.8, 4) is 5.75 Å². The minimum absolute atomic E-state index is 0.141. The summed E-state index contributed by atoms with van der Waals surface area (Å²) in [5.41, 5.74) is 2.02. The topological polar surface area (TPSA) is 99.4 Å². The highest BCUT2D eigenvalue weighted by Crippen LogP contribution is 2.28. The molecule has 0 radical (unpaired) electrons. The summed E-state index contributed by atoms with van der Waals surface area (Å²) in [6.45, 7) is 3.25. The number of benzene rings is 1. The predicted molar refractivity (Wildman–Crippen MR) is 87.9 cm³/mol. The van der Waals surface area contributed by atoms with Gasteiger partial charge in [-0.2, -0.15) is 5.10 Å². The van der Waals surface area contributed by atoms with E-state index in [1.54, 1.807) is 29.2 Å². The second kappa shape index (κ2) is 6.61. The van der Waals surface area contributed by atoms with Crippen LogP contribution in [0.25, 0.3) is 0 Å². The predicted octanol–water partition coefficient (Wildman–Crippen LogP) is 1.72. The minimum Gasteiger partial charge on any atom is -0.496 e. The smallest absolute Gasteiger partial charge is 0.318 e. The molecule has 3 amide bonds. The average Bonchev–Trinajstić information content (AvgIpc) is 3.17. The number of hydrogen-bond donors (Lipinski definition) is 3. The summed E-state index contributed by atoms with van der Waals surface area (Å²) < 4.78 is 5.21. The number of aromatic nitrogens is 2. The van der Waals surface area contributed by atoms with Gasteiger partial charge in [0, 0.05) is 12.1 Å². The van der Waals surface area contributed by atoms with Gasteiger partial charge < -0.3 is 20.3 Å². The molecule has 0 fully saturated rings. The van der Waals surface area contributed by atoms with E-state index in [1.165, 1.54) is 7.11 Å². The summed E-state index contributed by atoms with van der Waals surface area (Å²) in [6.07, 6.45) is 0. The molecule has 3 rings (SSSR count). The lowest BCUT2D eigenvalue weighted by Crippen LogP contribution is -2.36. The van der Waals surface area contributed by atoms with Crippen LogP contribution in [0.2, 0.25) is 0 Å². The number of fused-ring (bicyclic) bond motifs is 1. The number of amides is 3. The van der Waals surface area contributed by atoms with Crippen molar-refractivity contribution in [1.82, 2.24) is 20.4 Å². The number of rotatable bonds is 4. The van der Waals surface area contributed by atoms with Crippen LogP contribution in [0, 0.1) is 0 Å². The van der Waals surface area contributed by atoms with Crippen LogP contribution in [-0.4, -0.2) is 40.7 Å². The van der Waals surface area contributed by atoms with Crippen molar-refractivity contribution in [2.24, 2.45) is 0 Å². The maximum Gasteiger partial charge on any atom is 0.318 e. The molecular weight excluding hydrogens is 310 g/mol. The van der Waals surface area contributed by atoms with Gasteiger partial charge in [-0.1, -0.05) is 12.1 Å². The Labute approximate surface area is 139 Å². The molecule has 1 aromatic heterocycles. The van der Waals surface area contributed by atoms with Gasteiger partial charge >= 0.3 is 6.03 Å². The van der Waals surface area contributed by atoms with Gasteiger partial charge in [-0.15, -0.1) is 0 Å². The van der Waals surface area contributed by atoms with E-state index in [9.17, 15) is 9.59 Å². The number of anilines is 1. The van der Waals surface area contributed by atoms with E-state index >= 15 is 0 Å². The highest BCUT2D eigenvalue weighted by molar-refractivity contribution is 6.06. The molecule has 126 valence electrons.